The van der Waals surface area contributed by atoms with E-state index in [0.717, 1.165) is 6.42 Å². The Morgan fingerprint density at radius 2 is 1.42 bits per heavy atom. The van der Waals surface area contributed by atoms with Gasteiger partial charge in [-0.2, -0.15) is 0 Å². The fourth-order valence-electron chi connectivity index (χ4n) is 1.59. The molecule has 0 saturated heterocycles. The van der Waals surface area contributed by atoms with Gasteiger partial charge in [0.05, 0.1) is 46.2 Å². The SMILES string of the molecule is CC(C)(C)OC(=O)NCCOCCOCCOCCOCCCN=[N+]=N. The van der Waals surface area contributed by atoms with Gasteiger partial charge >= 0.3 is 6.09 Å². The molecule has 0 radical (unpaired) electrons. The molecule has 1 amide bonds. The maximum Gasteiger partial charge on any atom is 0.407 e. The Kier molecular flexibility index (Phi) is 15.8. The van der Waals surface area contributed by atoms with E-state index in [1.54, 1.807) is 0 Å². The molecular formula is C16H33N4O6+. The van der Waals surface area contributed by atoms with Crippen LogP contribution in [0.4, 0.5) is 4.79 Å². The summed E-state index contributed by atoms with van der Waals surface area (Å²) in [5, 5.41) is 6.13. The van der Waals surface area contributed by atoms with Gasteiger partial charge in [0.1, 0.15) is 22.8 Å². The van der Waals surface area contributed by atoms with E-state index in [0.29, 0.717) is 65.9 Å². The third-order valence-electron chi connectivity index (χ3n) is 2.65. The Bertz CT molecular complexity index is 397. The summed E-state index contributed by atoms with van der Waals surface area (Å²) in [5.41, 5.74) is 5.99. The van der Waals surface area contributed by atoms with E-state index in [9.17, 15) is 4.79 Å². The molecule has 0 unspecified atom stereocenters. The number of carbonyl (C=O) groups excluding carboxylic acids is 1. The van der Waals surface area contributed by atoms with Gasteiger partial charge in [0.15, 0.2) is 0 Å². The Morgan fingerprint density at radius 3 is 1.92 bits per heavy atom. The third kappa shape index (κ3) is 20.5. The second kappa shape index (κ2) is 16.9. The largest absolute Gasteiger partial charge is 0.444 e. The predicted molar refractivity (Wildman–Crippen MR) is 94.3 cm³/mol. The maximum atomic E-state index is 11.4. The average molecular weight is 377 g/mol. The lowest BCUT2D eigenvalue weighted by Gasteiger charge is -2.19. The van der Waals surface area contributed by atoms with Crippen molar-refractivity contribution in [3.05, 3.63) is 0 Å². The van der Waals surface area contributed by atoms with Gasteiger partial charge in [-0.3, -0.25) is 0 Å². The summed E-state index contributed by atoms with van der Waals surface area (Å²) in [4.78, 5) is 14.3. The number of nitrogens with one attached hydrogen (secondary N) is 2. The number of hydrogen-bond donors (Lipinski definition) is 2. The van der Waals surface area contributed by atoms with E-state index < -0.39 is 11.7 Å². The summed E-state index contributed by atoms with van der Waals surface area (Å²) in [6.07, 6.45) is 0.301. The molecular weight excluding hydrogens is 344 g/mol. The number of alkyl carbamates (subject to hydrolysis) is 1. The molecule has 0 aliphatic rings. The van der Waals surface area contributed by atoms with Crippen LogP contribution in [0.5, 0.6) is 0 Å². The van der Waals surface area contributed by atoms with Crippen molar-refractivity contribution in [3.63, 3.8) is 0 Å². The molecule has 0 bridgehead atoms. The first-order valence-electron chi connectivity index (χ1n) is 8.77. The highest BCUT2D eigenvalue weighted by molar-refractivity contribution is 5.67. The summed E-state index contributed by atoms with van der Waals surface area (Å²) in [6.45, 7) is 10.3. The highest BCUT2D eigenvalue weighted by Gasteiger charge is 2.15. The smallest absolute Gasteiger partial charge is 0.407 e. The first kappa shape index (κ1) is 24.4. The lowest BCUT2D eigenvalue weighted by molar-refractivity contribution is -0.00187. The van der Waals surface area contributed by atoms with Crippen LogP contribution in [0.15, 0.2) is 5.11 Å². The van der Waals surface area contributed by atoms with Gasteiger partial charge in [0.25, 0.3) is 0 Å². The number of ether oxygens (including phenoxy) is 5. The Labute approximate surface area is 155 Å². The van der Waals surface area contributed by atoms with Crippen LogP contribution in [0.1, 0.15) is 27.2 Å². The highest BCUT2D eigenvalue weighted by Crippen LogP contribution is 2.05. The van der Waals surface area contributed by atoms with E-state index in [1.165, 1.54) is 0 Å². The van der Waals surface area contributed by atoms with Crippen molar-refractivity contribution in [2.24, 2.45) is 5.11 Å². The molecule has 0 aliphatic heterocycles. The molecule has 152 valence electrons. The van der Waals surface area contributed by atoms with Gasteiger partial charge in [-0.25, -0.2) is 4.79 Å². The fourth-order valence-corrected chi connectivity index (χ4v) is 1.59. The Morgan fingerprint density at radius 1 is 0.923 bits per heavy atom. The number of hydrogen-bond acceptors (Lipinski definition) is 8. The lowest BCUT2D eigenvalue weighted by Crippen LogP contribution is -2.34. The van der Waals surface area contributed by atoms with E-state index >= 15 is 0 Å². The van der Waals surface area contributed by atoms with Crippen LogP contribution in [0.25, 0.3) is 0 Å². The summed E-state index contributed by atoms with van der Waals surface area (Å²) in [7, 11) is 0. The minimum atomic E-state index is -0.498. The van der Waals surface area contributed by atoms with E-state index in [-0.39, 0.29) is 0 Å². The molecule has 0 atom stereocenters. The molecule has 0 fully saturated rings. The monoisotopic (exact) mass is 377 g/mol. The molecule has 0 heterocycles. The number of amides is 1. The van der Waals surface area contributed by atoms with Crippen molar-refractivity contribution in [1.82, 2.24) is 10.2 Å². The number of rotatable bonds is 16. The van der Waals surface area contributed by atoms with Gasteiger partial charge in [-0.1, -0.05) is 0 Å². The van der Waals surface area contributed by atoms with Crippen LogP contribution in [0.2, 0.25) is 0 Å². The lowest BCUT2D eigenvalue weighted by atomic mass is 10.2. The van der Waals surface area contributed by atoms with Gasteiger partial charge in [0, 0.05) is 13.2 Å². The van der Waals surface area contributed by atoms with Crippen LogP contribution in [-0.4, -0.2) is 77.6 Å². The Balaban J connectivity index is 3.16. The molecule has 10 heteroatoms. The molecule has 0 spiro atoms. The molecule has 0 aromatic carbocycles. The second-order valence-electron chi connectivity index (χ2n) is 6.20. The molecule has 2 N–H and O–H groups in total. The third-order valence-corrected chi connectivity index (χ3v) is 2.65. The van der Waals surface area contributed by atoms with Gasteiger partial charge in [0.2, 0.25) is 4.91 Å². The molecule has 0 aliphatic carbocycles. The zero-order chi connectivity index (χ0) is 19.5. The van der Waals surface area contributed by atoms with Gasteiger partial charge < -0.3 is 29.0 Å². The average Bonchev–Trinajstić information content (AvgIpc) is 2.56. The molecule has 0 saturated carbocycles. The van der Waals surface area contributed by atoms with Gasteiger partial charge in [-0.15, -0.1) is 0 Å². The van der Waals surface area contributed by atoms with Crippen molar-refractivity contribution < 1.29 is 28.5 Å². The van der Waals surface area contributed by atoms with Gasteiger partial charge in [-0.05, 0) is 27.2 Å². The van der Waals surface area contributed by atoms with Crippen LogP contribution in [0, 0.1) is 5.53 Å². The normalized spacial score (nSPS) is 11.0. The van der Waals surface area contributed by atoms with Crippen LogP contribution in [0.3, 0.4) is 0 Å². The van der Waals surface area contributed by atoms with Crippen LogP contribution in [-0.2, 0) is 23.7 Å². The highest BCUT2D eigenvalue weighted by atomic mass is 16.6. The molecule has 0 aromatic rings. The molecule has 0 rings (SSSR count). The molecule has 26 heavy (non-hydrogen) atoms. The maximum absolute atomic E-state index is 11.4. The first-order valence-corrected chi connectivity index (χ1v) is 8.77. The van der Waals surface area contributed by atoms with Crippen LogP contribution < -0.4 is 10.2 Å². The fraction of sp³-hybridized carbons (Fsp3) is 0.938. The molecule has 10 nitrogen and oxygen atoms in total. The number of nitrogens with zero attached hydrogens (tertiary/aromatic N) is 2. The summed E-state index contributed by atoms with van der Waals surface area (Å²) in [6, 6.07) is 0. The topological polar surface area (TPSA) is 126 Å². The van der Waals surface area contributed by atoms with Crippen molar-refractivity contribution in [2.75, 3.05) is 65.9 Å². The summed E-state index contributed by atoms with van der Waals surface area (Å²) in [5.74, 6) is 0. The van der Waals surface area contributed by atoms with Crippen molar-refractivity contribution in [1.29, 1.82) is 5.53 Å². The minimum absolute atomic E-state index is 0.393. The van der Waals surface area contributed by atoms with E-state index in [4.69, 9.17) is 29.2 Å². The van der Waals surface area contributed by atoms with Crippen molar-refractivity contribution in [2.45, 2.75) is 32.8 Å². The standard InChI is InChI=1S/C16H32N4O6/c1-16(2,3)26-15(21)18-6-8-23-10-12-25-14-13-24-11-9-22-7-4-5-19-20-17/h17H,4-14H2,1-3H3/p+1. The van der Waals surface area contributed by atoms with Crippen molar-refractivity contribution >= 4 is 6.09 Å². The van der Waals surface area contributed by atoms with Crippen molar-refractivity contribution in [3.8, 4) is 0 Å². The second-order valence-corrected chi connectivity index (χ2v) is 6.20. The Hall–Kier alpha value is -1.58. The van der Waals surface area contributed by atoms with E-state index in [1.807, 2.05) is 20.8 Å². The first-order chi connectivity index (χ1) is 12.5. The quantitative estimate of drug-likeness (QED) is 0.239. The zero-order valence-electron chi connectivity index (χ0n) is 16.1. The predicted octanol–water partition coefficient (Wildman–Crippen LogP) is 1.52. The molecule has 0 aromatic heterocycles. The number of carbonyl (C=O) groups is 1. The summed E-state index contributed by atoms with van der Waals surface area (Å²) < 4.78 is 26.5. The summed E-state index contributed by atoms with van der Waals surface area (Å²) >= 11 is 0. The van der Waals surface area contributed by atoms with E-state index in [2.05, 4.69) is 15.3 Å². The minimum Gasteiger partial charge on any atom is -0.444 e. The van der Waals surface area contributed by atoms with Crippen LogP contribution >= 0.6 is 0 Å². The zero-order valence-corrected chi connectivity index (χ0v) is 16.1.